The van der Waals surface area contributed by atoms with Gasteiger partial charge in [-0.3, -0.25) is 0 Å². The van der Waals surface area contributed by atoms with Gasteiger partial charge in [0.15, 0.2) is 0 Å². The lowest BCUT2D eigenvalue weighted by atomic mass is 10.0. The number of piperidine rings is 1. The Balaban J connectivity index is 1.30. The fourth-order valence-corrected chi connectivity index (χ4v) is 4.11. The van der Waals surface area contributed by atoms with Crippen molar-refractivity contribution in [2.24, 2.45) is 0 Å². The van der Waals surface area contributed by atoms with Crippen LogP contribution in [0.25, 0.3) is 16.9 Å². The standard InChI is InChI=1S/C20H19F2N5O2/c21-20(22)10-12-7-14(9-18(20)24-12)29-19-4-3-16(25-26-19)15-2-1-13(8-17(15)28)27-6-5-23-11-27/h1-6,8,11-12,14,18,24,28H,7,9-10H2/t12-,14+,18+/m1/s1. The molecule has 0 aliphatic carbocycles. The number of benzene rings is 1. The highest BCUT2D eigenvalue weighted by Gasteiger charge is 2.53. The van der Waals surface area contributed by atoms with Crippen LogP contribution in [-0.2, 0) is 0 Å². The molecule has 9 heteroatoms. The monoisotopic (exact) mass is 399 g/mol. The lowest BCUT2D eigenvalue weighted by Gasteiger charge is -2.29. The summed E-state index contributed by atoms with van der Waals surface area (Å²) in [6, 6.07) is 7.48. The predicted molar refractivity (Wildman–Crippen MR) is 100 cm³/mol. The summed E-state index contributed by atoms with van der Waals surface area (Å²) in [6.07, 6.45) is 5.38. The van der Waals surface area contributed by atoms with Crippen LogP contribution < -0.4 is 10.1 Å². The third-order valence-electron chi connectivity index (χ3n) is 5.50. The molecule has 3 atom stereocenters. The first-order valence-corrected chi connectivity index (χ1v) is 9.44. The lowest BCUT2D eigenvalue weighted by Crippen LogP contribution is -2.46. The van der Waals surface area contributed by atoms with Gasteiger partial charge >= 0.3 is 0 Å². The Hall–Kier alpha value is -3.07. The van der Waals surface area contributed by atoms with Crippen LogP contribution in [0.4, 0.5) is 8.78 Å². The van der Waals surface area contributed by atoms with Crippen molar-refractivity contribution in [3.05, 3.63) is 49.1 Å². The minimum atomic E-state index is -2.68. The van der Waals surface area contributed by atoms with Gasteiger partial charge in [0.2, 0.25) is 5.88 Å². The number of halogens is 2. The molecule has 2 saturated heterocycles. The van der Waals surface area contributed by atoms with E-state index in [1.54, 1.807) is 47.6 Å². The van der Waals surface area contributed by atoms with E-state index in [4.69, 9.17) is 4.74 Å². The average Bonchev–Trinajstić information content (AvgIpc) is 3.29. The molecule has 4 heterocycles. The van der Waals surface area contributed by atoms with Crippen molar-refractivity contribution >= 4 is 0 Å². The minimum Gasteiger partial charge on any atom is -0.507 e. The largest absolute Gasteiger partial charge is 0.507 e. The Bertz CT molecular complexity index is 1010. The summed E-state index contributed by atoms with van der Waals surface area (Å²) in [5.74, 6) is -2.33. The highest BCUT2D eigenvalue weighted by molar-refractivity contribution is 5.68. The van der Waals surface area contributed by atoms with Crippen molar-refractivity contribution in [2.75, 3.05) is 0 Å². The maximum atomic E-state index is 13.8. The molecular weight excluding hydrogens is 380 g/mol. The molecule has 2 aromatic heterocycles. The van der Waals surface area contributed by atoms with Gasteiger partial charge in [-0.05, 0) is 24.6 Å². The van der Waals surface area contributed by atoms with Gasteiger partial charge in [-0.2, -0.15) is 0 Å². The second-order valence-electron chi connectivity index (χ2n) is 7.52. The summed E-state index contributed by atoms with van der Waals surface area (Å²) in [5, 5.41) is 21.5. The Morgan fingerprint density at radius 1 is 1.17 bits per heavy atom. The summed E-state index contributed by atoms with van der Waals surface area (Å²) in [6.45, 7) is 0. The molecule has 0 unspecified atom stereocenters. The van der Waals surface area contributed by atoms with Crippen LogP contribution in [0, 0.1) is 0 Å². The van der Waals surface area contributed by atoms with Gasteiger partial charge in [0.25, 0.3) is 5.92 Å². The van der Waals surface area contributed by atoms with Gasteiger partial charge < -0.3 is 19.7 Å². The van der Waals surface area contributed by atoms with Crippen molar-refractivity contribution in [3.8, 4) is 28.6 Å². The molecule has 0 amide bonds. The predicted octanol–water partition coefficient (Wildman–Crippen LogP) is 2.94. The zero-order chi connectivity index (χ0) is 20.0. The number of aromatic nitrogens is 4. The molecule has 2 aliphatic heterocycles. The van der Waals surface area contributed by atoms with E-state index in [1.807, 2.05) is 6.07 Å². The molecule has 2 bridgehead atoms. The van der Waals surface area contributed by atoms with Gasteiger partial charge in [-0.15, -0.1) is 10.2 Å². The Kier molecular flexibility index (Phi) is 4.20. The molecular formula is C20H19F2N5O2. The van der Waals surface area contributed by atoms with Crippen LogP contribution in [0.1, 0.15) is 19.3 Å². The van der Waals surface area contributed by atoms with Gasteiger partial charge in [0.1, 0.15) is 11.9 Å². The van der Waals surface area contributed by atoms with E-state index in [1.165, 1.54) is 0 Å². The number of nitrogens with zero attached hydrogens (tertiary/aromatic N) is 4. The zero-order valence-electron chi connectivity index (χ0n) is 15.4. The number of imidazole rings is 1. The Morgan fingerprint density at radius 3 is 2.76 bits per heavy atom. The zero-order valence-corrected chi connectivity index (χ0v) is 15.4. The van der Waals surface area contributed by atoms with Crippen molar-refractivity contribution in [1.29, 1.82) is 0 Å². The number of hydrogen-bond donors (Lipinski definition) is 2. The molecule has 2 fully saturated rings. The van der Waals surface area contributed by atoms with E-state index in [2.05, 4.69) is 20.5 Å². The lowest BCUT2D eigenvalue weighted by molar-refractivity contribution is -0.0195. The van der Waals surface area contributed by atoms with Crippen LogP contribution in [0.5, 0.6) is 11.6 Å². The molecule has 2 aliphatic rings. The third kappa shape index (κ3) is 3.42. The number of nitrogens with one attached hydrogen (secondary N) is 1. The SMILES string of the molecule is Oc1cc(-n2ccnc2)ccc1-c1ccc(O[C@H]2C[C@@H]3CC(F)(F)[C@H](C2)N3)nn1. The van der Waals surface area contributed by atoms with Crippen molar-refractivity contribution < 1.29 is 18.6 Å². The van der Waals surface area contributed by atoms with Gasteiger partial charge in [-0.25, -0.2) is 13.8 Å². The highest BCUT2D eigenvalue weighted by Crippen LogP contribution is 2.40. The second kappa shape index (κ2) is 6.77. The Labute approximate surface area is 165 Å². The second-order valence-corrected chi connectivity index (χ2v) is 7.52. The van der Waals surface area contributed by atoms with Crippen LogP contribution in [0.2, 0.25) is 0 Å². The van der Waals surface area contributed by atoms with E-state index < -0.39 is 12.0 Å². The van der Waals surface area contributed by atoms with Crippen LogP contribution in [0.15, 0.2) is 49.1 Å². The van der Waals surface area contributed by atoms with Crippen LogP contribution >= 0.6 is 0 Å². The van der Waals surface area contributed by atoms with Gasteiger partial charge in [-0.1, -0.05) is 0 Å². The van der Waals surface area contributed by atoms with Gasteiger partial charge in [0.05, 0.1) is 23.8 Å². The molecule has 5 rings (SSSR count). The van der Waals surface area contributed by atoms with E-state index in [0.29, 0.717) is 17.7 Å². The molecule has 0 saturated carbocycles. The number of fused-ring (bicyclic) bond motifs is 2. The summed E-state index contributed by atoms with van der Waals surface area (Å²) in [7, 11) is 0. The van der Waals surface area contributed by atoms with E-state index in [0.717, 1.165) is 5.69 Å². The fourth-order valence-electron chi connectivity index (χ4n) is 4.11. The molecule has 2 N–H and O–H groups in total. The fraction of sp³-hybridized carbons (Fsp3) is 0.350. The number of rotatable bonds is 4. The molecule has 0 radical (unpaired) electrons. The molecule has 7 nitrogen and oxygen atoms in total. The van der Waals surface area contributed by atoms with Crippen molar-refractivity contribution in [2.45, 2.75) is 43.4 Å². The summed E-state index contributed by atoms with van der Waals surface area (Å²) in [4.78, 5) is 3.99. The smallest absolute Gasteiger partial charge is 0.264 e. The van der Waals surface area contributed by atoms with Crippen molar-refractivity contribution in [1.82, 2.24) is 25.1 Å². The van der Waals surface area contributed by atoms with E-state index in [9.17, 15) is 13.9 Å². The maximum Gasteiger partial charge on any atom is 0.264 e. The Morgan fingerprint density at radius 2 is 2.07 bits per heavy atom. The summed E-state index contributed by atoms with van der Waals surface area (Å²) < 4.78 is 35.2. The first-order valence-electron chi connectivity index (χ1n) is 9.44. The third-order valence-corrected chi connectivity index (χ3v) is 5.50. The van der Waals surface area contributed by atoms with E-state index >= 15 is 0 Å². The minimum absolute atomic E-state index is 0.0660. The van der Waals surface area contributed by atoms with E-state index in [-0.39, 0.29) is 36.6 Å². The first-order chi connectivity index (χ1) is 14.0. The van der Waals surface area contributed by atoms with Crippen LogP contribution in [-0.4, -0.2) is 49.0 Å². The van der Waals surface area contributed by atoms with Crippen LogP contribution in [0.3, 0.4) is 0 Å². The highest BCUT2D eigenvalue weighted by atomic mass is 19.3. The molecule has 3 aromatic rings. The molecule has 0 spiro atoms. The molecule has 150 valence electrons. The maximum absolute atomic E-state index is 13.8. The number of hydrogen-bond acceptors (Lipinski definition) is 6. The topological polar surface area (TPSA) is 85.1 Å². The first kappa shape index (κ1) is 18.0. The quantitative estimate of drug-likeness (QED) is 0.702. The molecule has 29 heavy (non-hydrogen) atoms. The number of aromatic hydroxyl groups is 1. The number of phenolic OH excluding ortho intramolecular Hbond substituents is 1. The number of alkyl halides is 2. The number of phenols is 1. The normalized spacial score (nSPS) is 25.1. The van der Waals surface area contributed by atoms with Gasteiger partial charge in [0, 0.05) is 49.0 Å². The van der Waals surface area contributed by atoms with Crippen molar-refractivity contribution in [3.63, 3.8) is 0 Å². The molecule has 1 aromatic carbocycles. The summed E-state index contributed by atoms with van der Waals surface area (Å²) >= 11 is 0. The average molecular weight is 399 g/mol. The summed E-state index contributed by atoms with van der Waals surface area (Å²) in [5.41, 5.74) is 1.80. The number of ether oxygens (including phenoxy) is 1.